The zero-order valence-electron chi connectivity index (χ0n) is 17.6. The van der Waals surface area contributed by atoms with Gasteiger partial charge in [0.25, 0.3) is 0 Å². The van der Waals surface area contributed by atoms with E-state index in [2.05, 4.69) is 46.1 Å². The Bertz CT molecular complexity index is 944. The molecule has 0 bridgehead atoms. The first-order valence-electron chi connectivity index (χ1n) is 10.5. The molecule has 2 N–H and O–H groups in total. The van der Waals surface area contributed by atoms with E-state index >= 15 is 0 Å². The second-order valence-corrected chi connectivity index (χ2v) is 8.61. The molecule has 1 saturated heterocycles. The Morgan fingerprint density at radius 1 is 1.06 bits per heavy atom. The predicted molar refractivity (Wildman–Crippen MR) is 120 cm³/mol. The van der Waals surface area contributed by atoms with E-state index < -0.39 is 11.8 Å². The fraction of sp³-hybridized carbons (Fsp3) is 0.391. The van der Waals surface area contributed by atoms with Crippen LogP contribution in [0.1, 0.15) is 18.4 Å². The first-order valence-corrected chi connectivity index (χ1v) is 11.7. The predicted octanol–water partition coefficient (Wildman–Crippen LogP) is 3.10. The highest BCUT2D eigenvalue weighted by Gasteiger charge is 2.22. The smallest absolute Gasteiger partial charge is 0.313 e. The summed E-state index contributed by atoms with van der Waals surface area (Å²) in [5.41, 5.74) is 1.87. The summed E-state index contributed by atoms with van der Waals surface area (Å²) in [4.78, 5) is 28.2. The van der Waals surface area contributed by atoms with Gasteiger partial charge in [-0.05, 0) is 61.9 Å². The molecule has 7 nitrogen and oxygen atoms in total. The van der Waals surface area contributed by atoms with E-state index in [4.69, 9.17) is 9.47 Å². The number of carbonyl (C=O) groups excluding carboxylic acids is 2. The first-order chi connectivity index (χ1) is 15.1. The average molecular weight is 442 g/mol. The molecule has 2 heterocycles. The Morgan fingerprint density at radius 2 is 1.84 bits per heavy atom. The maximum atomic E-state index is 12.2. The Labute approximate surface area is 186 Å². The summed E-state index contributed by atoms with van der Waals surface area (Å²) in [5.74, 6) is 0.282. The highest BCUT2D eigenvalue weighted by molar-refractivity contribution is 7.98. The average Bonchev–Trinajstić information content (AvgIpc) is 3.26. The monoisotopic (exact) mass is 441 g/mol. The molecule has 0 aromatic heterocycles. The third kappa shape index (κ3) is 5.51. The minimum Gasteiger partial charge on any atom is -0.454 e. The molecule has 0 spiro atoms. The van der Waals surface area contributed by atoms with Crippen LogP contribution in [0.5, 0.6) is 11.5 Å². The van der Waals surface area contributed by atoms with Crippen molar-refractivity contribution in [1.29, 1.82) is 0 Å². The molecule has 2 aromatic carbocycles. The van der Waals surface area contributed by atoms with Crippen LogP contribution in [0, 0.1) is 5.92 Å². The van der Waals surface area contributed by atoms with Crippen LogP contribution in [0.4, 0.5) is 5.69 Å². The van der Waals surface area contributed by atoms with Gasteiger partial charge in [0.05, 0.1) is 0 Å². The molecule has 0 aliphatic carbocycles. The van der Waals surface area contributed by atoms with Crippen LogP contribution in [-0.4, -0.2) is 49.4 Å². The van der Waals surface area contributed by atoms with Gasteiger partial charge < -0.3 is 20.1 Å². The Kier molecular flexibility index (Phi) is 6.99. The fourth-order valence-corrected chi connectivity index (χ4v) is 4.51. The minimum atomic E-state index is -0.676. The maximum absolute atomic E-state index is 12.2. The van der Waals surface area contributed by atoms with E-state index in [0.717, 1.165) is 32.5 Å². The molecule has 0 radical (unpaired) electrons. The standard InChI is InChI=1S/C23H27N3O4S/c1-31-21-5-3-2-4-17(21)14-26-10-8-16(9-11-26)13-24-22(27)23(28)25-18-6-7-19-20(12-18)30-15-29-19/h2-7,12,16H,8-11,13-15H2,1H3,(H,24,27)(H,25,28). The number of carbonyl (C=O) groups is 2. The van der Waals surface area contributed by atoms with Gasteiger partial charge >= 0.3 is 11.8 Å². The zero-order chi connectivity index (χ0) is 21.6. The largest absolute Gasteiger partial charge is 0.454 e. The highest BCUT2D eigenvalue weighted by Crippen LogP contribution is 2.34. The molecule has 2 amide bonds. The number of likely N-dealkylation sites (tertiary alicyclic amines) is 1. The third-order valence-corrected chi connectivity index (χ3v) is 6.52. The number of hydrogen-bond donors (Lipinski definition) is 2. The molecule has 0 saturated carbocycles. The van der Waals surface area contributed by atoms with Crippen molar-refractivity contribution in [3.05, 3.63) is 48.0 Å². The van der Waals surface area contributed by atoms with Gasteiger partial charge in [-0.25, -0.2) is 0 Å². The lowest BCUT2D eigenvalue weighted by molar-refractivity contribution is -0.136. The van der Waals surface area contributed by atoms with Gasteiger partial charge in [-0.2, -0.15) is 0 Å². The van der Waals surface area contributed by atoms with E-state index in [-0.39, 0.29) is 6.79 Å². The number of anilines is 1. The molecule has 0 atom stereocenters. The summed E-state index contributed by atoms with van der Waals surface area (Å²) >= 11 is 1.78. The fourth-order valence-electron chi connectivity index (χ4n) is 3.90. The minimum absolute atomic E-state index is 0.163. The molecule has 0 unspecified atom stereocenters. The first kappa shape index (κ1) is 21.5. The number of nitrogens with zero attached hydrogens (tertiary/aromatic N) is 1. The van der Waals surface area contributed by atoms with Gasteiger partial charge in [-0.15, -0.1) is 11.8 Å². The van der Waals surface area contributed by atoms with Crippen LogP contribution < -0.4 is 20.1 Å². The quantitative estimate of drug-likeness (QED) is 0.530. The van der Waals surface area contributed by atoms with Crippen LogP contribution in [0.3, 0.4) is 0 Å². The summed E-state index contributed by atoms with van der Waals surface area (Å²) in [5, 5.41) is 5.39. The Balaban J connectivity index is 1.19. The third-order valence-electron chi connectivity index (χ3n) is 5.68. The zero-order valence-corrected chi connectivity index (χ0v) is 18.4. The van der Waals surface area contributed by atoms with Crippen molar-refractivity contribution in [3.63, 3.8) is 0 Å². The molecule has 164 valence electrons. The number of thioether (sulfide) groups is 1. The number of piperidine rings is 1. The topological polar surface area (TPSA) is 79.9 Å². The summed E-state index contributed by atoms with van der Waals surface area (Å²) < 4.78 is 10.5. The maximum Gasteiger partial charge on any atom is 0.313 e. The van der Waals surface area contributed by atoms with E-state index in [1.54, 1.807) is 30.0 Å². The lowest BCUT2D eigenvalue weighted by Gasteiger charge is -2.32. The number of amides is 2. The van der Waals surface area contributed by atoms with Crippen molar-refractivity contribution >= 4 is 29.3 Å². The second-order valence-electron chi connectivity index (χ2n) is 7.76. The molecular weight excluding hydrogens is 414 g/mol. The molecule has 2 aliphatic heterocycles. The highest BCUT2D eigenvalue weighted by atomic mass is 32.2. The number of ether oxygens (including phenoxy) is 2. The van der Waals surface area contributed by atoms with Crippen LogP contribution in [-0.2, 0) is 16.1 Å². The second kappa shape index (κ2) is 10.1. The van der Waals surface area contributed by atoms with Gasteiger partial charge in [0.1, 0.15) is 0 Å². The number of hydrogen-bond acceptors (Lipinski definition) is 6. The summed E-state index contributed by atoms with van der Waals surface area (Å²) in [6, 6.07) is 13.6. The van der Waals surface area contributed by atoms with Gasteiger partial charge in [0.2, 0.25) is 6.79 Å². The van der Waals surface area contributed by atoms with Crippen molar-refractivity contribution in [2.75, 3.05) is 38.0 Å². The lowest BCUT2D eigenvalue weighted by atomic mass is 9.96. The molecule has 4 rings (SSSR count). The van der Waals surface area contributed by atoms with Gasteiger partial charge in [0, 0.05) is 29.7 Å². The summed E-state index contributed by atoms with van der Waals surface area (Å²) in [6.07, 6.45) is 4.12. The molecule has 2 aliphatic rings. The van der Waals surface area contributed by atoms with Crippen LogP contribution >= 0.6 is 11.8 Å². The normalized spacial score (nSPS) is 16.2. The molecule has 31 heavy (non-hydrogen) atoms. The molecule has 1 fully saturated rings. The van der Waals surface area contributed by atoms with Gasteiger partial charge in [0.15, 0.2) is 11.5 Å². The van der Waals surface area contributed by atoms with Crippen molar-refractivity contribution in [2.45, 2.75) is 24.3 Å². The van der Waals surface area contributed by atoms with Crippen molar-refractivity contribution in [1.82, 2.24) is 10.2 Å². The molecular formula is C23H27N3O4S. The van der Waals surface area contributed by atoms with Gasteiger partial charge in [-0.1, -0.05) is 18.2 Å². The van der Waals surface area contributed by atoms with Gasteiger partial charge in [-0.3, -0.25) is 14.5 Å². The number of nitrogens with one attached hydrogen (secondary N) is 2. The van der Waals surface area contributed by atoms with Crippen molar-refractivity contribution in [2.24, 2.45) is 5.92 Å². The van der Waals surface area contributed by atoms with E-state index in [9.17, 15) is 9.59 Å². The van der Waals surface area contributed by atoms with E-state index in [0.29, 0.717) is 29.6 Å². The summed E-state index contributed by atoms with van der Waals surface area (Å²) in [6.45, 7) is 3.62. The van der Waals surface area contributed by atoms with Crippen LogP contribution in [0.2, 0.25) is 0 Å². The lowest BCUT2D eigenvalue weighted by Crippen LogP contribution is -2.41. The van der Waals surface area contributed by atoms with E-state index in [1.165, 1.54) is 10.5 Å². The van der Waals surface area contributed by atoms with E-state index in [1.807, 2.05) is 0 Å². The Hall–Kier alpha value is -2.71. The number of fused-ring (bicyclic) bond motifs is 1. The SMILES string of the molecule is CSc1ccccc1CN1CCC(CNC(=O)C(=O)Nc2ccc3c(c2)OCO3)CC1. The van der Waals surface area contributed by atoms with Crippen LogP contribution in [0.25, 0.3) is 0 Å². The number of rotatable bonds is 6. The molecule has 8 heteroatoms. The summed E-state index contributed by atoms with van der Waals surface area (Å²) in [7, 11) is 0. The molecule has 2 aromatic rings. The van der Waals surface area contributed by atoms with Crippen molar-refractivity contribution in [3.8, 4) is 11.5 Å². The Morgan fingerprint density at radius 3 is 2.65 bits per heavy atom. The van der Waals surface area contributed by atoms with Crippen molar-refractivity contribution < 1.29 is 19.1 Å². The number of benzene rings is 2. The van der Waals surface area contributed by atoms with Crippen LogP contribution in [0.15, 0.2) is 47.4 Å².